The summed E-state index contributed by atoms with van der Waals surface area (Å²) in [6, 6.07) is 13.7. The lowest BCUT2D eigenvalue weighted by Gasteiger charge is -2.39. The maximum atomic E-state index is 13.2. The van der Waals surface area contributed by atoms with Gasteiger partial charge in [-0.2, -0.15) is 0 Å². The quantitative estimate of drug-likeness (QED) is 0.380. The SMILES string of the molecule is COc1cc(Cl)cc(C(=O)Nc2ccc(Cl)cn2)c1NC(=O)c1ccc(C(=C2CCN2)N2CCC2)cc1. The maximum Gasteiger partial charge on any atom is 0.259 e. The smallest absolute Gasteiger partial charge is 0.259 e. The summed E-state index contributed by atoms with van der Waals surface area (Å²) in [5.41, 5.74) is 4.30. The number of ether oxygens (including phenoxy) is 1. The predicted molar refractivity (Wildman–Crippen MR) is 145 cm³/mol. The zero-order chi connectivity index (χ0) is 25.9. The van der Waals surface area contributed by atoms with Crippen LogP contribution < -0.4 is 20.7 Å². The van der Waals surface area contributed by atoms with Crippen molar-refractivity contribution in [3.8, 4) is 5.75 Å². The van der Waals surface area contributed by atoms with E-state index in [1.54, 1.807) is 24.3 Å². The fourth-order valence-electron chi connectivity index (χ4n) is 4.19. The molecule has 5 rings (SSSR count). The van der Waals surface area contributed by atoms with Gasteiger partial charge in [0.15, 0.2) is 0 Å². The number of pyridine rings is 1. The summed E-state index contributed by atoms with van der Waals surface area (Å²) in [5, 5.41) is 9.65. The molecular weight excluding hydrogens is 513 g/mol. The third kappa shape index (κ3) is 5.35. The number of halogens is 2. The highest BCUT2D eigenvalue weighted by molar-refractivity contribution is 6.32. The minimum atomic E-state index is -0.514. The molecule has 2 fully saturated rings. The van der Waals surface area contributed by atoms with Crippen LogP contribution in [0.4, 0.5) is 11.5 Å². The molecule has 190 valence electrons. The number of amides is 2. The number of methoxy groups -OCH3 is 1. The first kappa shape index (κ1) is 24.9. The van der Waals surface area contributed by atoms with Crippen LogP contribution in [0.15, 0.2) is 60.4 Å². The molecule has 3 heterocycles. The average molecular weight is 538 g/mol. The Morgan fingerprint density at radius 1 is 0.973 bits per heavy atom. The minimum absolute atomic E-state index is 0.131. The van der Waals surface area contributed by atoms with E-state index in [2.05, 4.69) is 25.8 Å². The predicted octanol–water partition coefficient (Wildman–Crippen LogP) is 5.27. The molecular formula is C27H25Cl2N5O3. The number of carbonyl (C=O) groups is 2. The van der Waals surface area contributed by atoms with Gasteiger partial charge in [0.1, 0.15) is 11.6 Å². The van der Waals surface area contributed by atoms with Gasteiger partial charge in [0.05, 0.1) is 29.1 Å². The van der Waals surface area contributed by atoms with Crippen molar-refractivity contribution in [2.75, 3.05) is 37.4 Å². The highest BCUT2D eigenvalue weighted by atomic mass is 35.5. The van der Waals surface area contributed by atoms with E-state index >= 15 is 0 Å². The van der Waals surface area contributed by atoms with Crippen LogP contribution in [0.1, 0.15) is 39.1 Å². The van der Waals surface area contributed by atoms with Crippen molar-refractivity contribution in [1.29, 1.82) is 0 Å². The molecule has 0 spiro atoms. The van der Waals surface area contributed by atoms with Gasteiger partial charge in [0.2, 0.25) is 0 Å². The first-order valence-electron chi connectivity index (χ1n) is 11.9. The van der Waals surface area contributed by atoms with Gasteiger partial charge in [-0.15, -0.1) is 0 Å². The number of hydrogen-bond acceptors (Lipinski definition) is 6. The molecule has 2 saturated heterocycles. The zero-order valence-electron chi connectivity index (χ0n) is 20.1. The number of aromatic nitrogens is 1. The van der Waals surface area contributed by atoms with Gasteiger partial charge in [-0.25, -0.2) is 4.98 Å². The molecule has 3 aromatic rings. The molecule has 37 heavy (non-hydrogen) atoms. The fourth-order valence-corrected chi connectivity index (χ4v) is 4.51. The Morgan fingerprint density at radius 2 is 1.70 bits per heavy atom. The van der Waals surface area contributed by atoms with E-state index in [9.17, 15) is 9.59 Å². The van der Waals surface area contributed by atoms with E-state index in [1.165, 1.54) is 43.3 Å². The van der Waals surface area contributed by atoms with Gasteiger partial charge in [-0.05, 0) is 42.3 Å². The van der Waals surface area contributed by atoms with Crippen molar-refractivity contribution < 1.29 is 14.3 Å². The zero-order valence-corrected chi connectivity index (χ0v) is 21.6. The minimum Gasteiger partial charge on any atom is -0.494 e. The normalized spacial score (nSPS) is 15.6. The van der Waals surface area contributed by atoms with Crippen LogP contribution in [-0.2, 0) is 0 Å². The van der Waals surface area contributed by atoms with Crippen LogP contribution in [0.25, 0.3) is 5.70 Å². The molecule has 2 aromatic carbocycles. The highest BCUT2D eigenvalue weighted by Gasteiger charge is 2.25. The van der Waals surface area contributed by atoms with Crippen LogP contribution in [0.5, 0.6) is 5.75 Å². The first-order valence-corrected chi connectivity index (χ1v) is 12.6. The highest BCUT2D eigenvalue weighted by Crippen LogP contribution is 2.34. The van der Waals surface area contributed by atoms with E-state index in [0.29, 0.717) is 16.4 Å². The molecule has 3 N–H and O–H groups in total. The van der Waals surface area contributed by atoms with Crippen molar-refractivity contribution in [3.63, 3.8) is 0 Å². The lowest BCUT2D eigenvalue weighted by Crippen LogP contribution is -2.40. The topological polar surface area (TPSA) is 95.6 Å². The molecule has 8 nitrogen and oxygen atoms in total. The van der Waals surface area contributed by atoms with Crippen LogP contribution in [-0.4, -0.2) is 48.4 Å². The number of benzene rings is 2. The Hall–Kier alpha value is -3.75. The number of anilines is 2. The second-order valence-corrected chi connectivity index (χ2v) is 9.60. The van der Waals surface area contributed by atoms with Crippen molar-refractivity contribution in [2.45, 2.75) is 12.8 Å². The molecule has 0 bridgehead atoms. The lowest BCUT2D eigenvalue weighted by molar-refractivity contribution is 0.102. The van der Waals surface area contributed by atoms with E-state index in [1.807, 2.05) is 12.1 Å². The number of likely N-dealkylation sites (tertiary alicyclic amines) is 1. The Bertz CT molecular complexity index is 1360. The summed E-state index contributed by atoms with van der Waals surface area (Å²) >= 11 is 12.1. The summed E-state index contributed by atoms with van der Waals surface area (Å²) in [5.74, 6) is -0.340. The summed E-state index contributed by atoms with van der Waals surface area (Å²) in [6.45, 7) is 3.06. The number of nitrogens with one attached hydrogen (secondary N) is 3. The molecule has 10 heteroatoms. The van der Waals surface area contributed by atoms with E-state index in [0.717, 1.165) is 31.6 Å². The van der Waals surface area contributed by atoms with Crippen LogP contribution in [0, 0.1) is 0 Å². The van der Waals surface area contributed by atoms with Gasteiger partial charge >= 0.3 is 0 Å². The molecule has 0 atom stereocenters. The molecule has 0 saturated carbocycles. The third-order valence-electron chi connectivity index (χ3n) is 6.33. The molecule has 0 radical (unpaired) electrons. The molecule has 0 unspecified atom stereocenters. The summed E-state index contributed by atoms with van der Waals surface area (Å²) < 4.78 is 5.43. The molecule has 0 aliphatic carbocycles. The molecule has 2 aliphatic heterocycles. The lowest BCUT2D eigenvalue weighted by atomic mass is 9.99. The molecule has 2 amide bonds. The average Bonchev–Trinajstić information content (AvgIpc) is 2.83. The second kappa shape index (κ2) is 10.7. The third-order valence-corrected chi connectivity index (χ3v) is 6.77. The molecule has 1 aromatic heterocycles. The van der Waals surface area contributed by atoms with Crippen LogP contribution >= 0.6 is 23.2 Å². The Labute approximate surface area is 224 Å². The van der Waals surface area contributed by atoms with Crippen molar-refractivity contribution >= 4 is 52.2 Å². The molecule has 2 aliphatic rings. The Balaban J connectivity index is 1.39. The Morgan fingerprint density at radius 3 is 2.27 bits per heavy atom. The van der Waals surface area contributed by atoms with Crippen molar-refractivity contribution in [2.24, 2.45) is 0 Å². The fraction of sp³-hybridized carbons (Fsp3) is 0.222. The number of nitrogens with zero attached hydrogens (tertiary/aromatic N) is 2. The summed E-state index contributed by atoms with van der Waals surface area (Å²) in [7, 11) is 1.44. The standard InChI is InChI=1S/C27H25Cl2N5O3/c1-37-22-14-19(29)13-20(27(36)32-23-8-7-18(28)15-31-23)24(22)33-26(35)17-5-3-16(4-6-17)25(21-9-10-30-21)34-11-2-12-34/h3-8,13-15,30H,2,9-12H2,1H3,(H,33,35)(H,31,32,36). The van der Waals surface area contributed by atoms with Gasteiger partial charge in [0.25, 0.3) is 11.8 Å². The number of hydrogen-bond donors (Lipinski definition) is 3. The number of rotatable bonds is 7. The second-order valence-electron chi connectivity index (χ2n) is 8.72. The summed E-state index contributed by atoms with van der Waals surface area (Å²) in [6.07, 6.45) is 3.64. The number of carbonyl (C=O) groups excluding carboxylic acids is 2. The van der Waals surface area contributed by atoms with E-state index in [4.69, 9.17) is 27.9 Å². The van der Waals surface area contributed by atoms with Crippen molar-refractivity contribution in [1.82, 2.24) is 15.2 Å². The van der Waals surface area contributed by atoms with Gasteiger partial charge < -0.3 is 25.6 Å². The maximum absolute atomic E-state index is 13.2. The summed E-state index contributed by atoms with van der Waals surface area (Å²) in [4.78, 5) is 32.8. The first-order chi connectivity index (χ1) is 17.9. The van der Waals surface area contributed by atoms with Gasteiger partial charge in [-0.3, -0.25) is 9.59 Å². The van der Waals surface area contributed by atoms with E-state index in [-0.39, 0.29) is 27.9 Å². The van der Waals surface area contributed by atoms with Crippen molar-refractivity contribution in [3.05, 3.63) is 87.2 Å². The van der Waals surface area contributed by atoms with E-state index < -0.39 is 5.91 Å². The Kier molecular flexibility index (Phi) is 7.21. The monoisotopic (exact) mass is 537 g/mol. The van der Waals surface area contributed by atoms with Crippen LogP contribution in [0.3, 0.4) is 0 Å². The van der Waals surface area contributed by atoms with Crippen LogP contribution in [0.2, 0.25) is 10.0 Å². The van der Waals surface area contributed by atoms with Gasteiger partial charge in [0, 0.05) is 54.6 Å². The largest absolute Gasteiger partial charge is 0.494 e. The van der Waals surface area contributed by atoms with Gasteiger partial charge in [-0.1, -0.05) is 35.3 Å².